The first kappa shape index (κ1) is 23.0. The molecule has 0 radical (unpaired) electrons. The number of nitrogens with zero attached hydrogens (tertiary/aromatic N) is 1. The number of thioether (sulfide) groups is 1. The summed E-state index contributed by atoms with van der Waals surface area (Å²) in [5.74, 6) is 0.329. The van der Waals surface area contributed by atoms with Crippen molar-refractivity contribution in [3.63, 3.8) is 0 Å². The topological polar surface area (TPSA) is 49.4 Å². The van der Waals surface area contributed by atoms with E-state index in [1.54, 1.807) is 42.1 Å². The highest BCUT2D eigenvalue weighted by Gasteiger charge is 2.32. The van der Waals surface area contributed by atoms with Crippen molar-refractivity contribution < 1.29 is 9.59 Å². The molecule has 3 aromatic carbocycles. The maximum Gasteiger partial charge on any atom is 0.251 e. The Labute approximate surface area is 205 Å². The van der Waals surface area contributed by atoms with Gasteiger partial charge in [-0.15, -0.1) is 11.8 Å². The third-order valence-corrected chi connectivity index (χ3v) is 7.24. The quantitative estimate of drug-likeness (QED) is 0.424. The van der Waals surface area contributed by atoms with Gasteiger partial charge in [0, 0.05) is 33.7 Å². The number of nitrogens with one attached hydrogen (secondary N) is 1. The van der Waals surface area contributed by atoms with Crippen LogP contribution < -0.4 is 5.32 Å². The number of halogens is 3. The Morgan fingerprint density at radius 1 is 0.969 bits per heavy atom. The molecule has 4 rings (SSSR count). The number of carbonyl (C=O) groups is 2. The largest absolute Gasteiger partial charge is 0.348 e. The van der Waals surface area contributed by atoms with Gasteiger partial charge in [-0.3, -0.25) is 9.59 Å². The molecule has 1 atom stereocenters. The van der Waals surface area contributed by atoms with Crippen LogP contribution in [-0.4, -0.2) is 22.5 Å². The second-order valence-corrected chi connectivity index (χ2v) is 9.70. The lowest BCUT2D eigenvalue weighted by Gasteiger charge is -2.24. The Morgan fingerprint density at radius 3 is 2.34 bits per heavy atom. The predicted molar refractivity (Wildman–Crippen MR) is 131 cm³/mol. The van der Waals surface area contributed by atoms with Gasteiger partial charge < -0.3 is 10.2 Å². The number of rotatable bonds is 6. The van der Waals surface area contributed by atoms with Gasteiger partial charge >= 0.3 is 0 Å². The first-order valence-electron chi connectivity index (χ1n) is 9.88. The van der Waals surface area contributed by atoms with Crippen molar-refractivity contribution in [1.29, 1.82) is 0 Å². The highest BCUT2D eigenvalue weighted by molar-refractivity contribution is 8.00. The van der Waals surface area contributed by atoms with Gasteiger partial charge in [-0.1, -0.05) is 65.1 Å². The molecule has 4 nitrogen and oxygen atoms in total. The molecule has 0 bridgehead atoms. The molecule has 8 heteroatoms. The van der Waals surface area contributed by atoms with E-state index in [1.165, 1.54) is 0 Å². The minimum absolute atomic E-state index is 0.0941. The van der Waals surface area contributed by atoms with E-state index in [9.17, 15) is 9.59 Å². The van der Waals surface area contributed by atoms with Crippen LogP contribution in [0, 0.1) is 0 Å². The SMILES string of the molecule is O=C(NCc1ccc(Cl)cc1Cl)c1ccc([C@H]2SCC(=O)N2Cc2ccc(Cl)cc2)cc1. The Bertz CT molecular complexity index is 1140. The van der Waals surface area contributed by atoms with E-state index in [-0.39, 0.29) is 17.2 Å². The summed E-state index contributed by atoms with van der Waals surface area (Å²) in [7, 11) is 0. The van der Waals surface area contributed by atoms with Crippen molar-refractivity contribution in [2.75, 3.05) is 5.75 Å². The second-order valence-electron chi connectivity index (χ2n) is 7.35. The molecule has 0 aromatic heterocycles. The number of carbonyl (C=O) groups excluding carboxylic acids is 2. The third kappa shape index (κ3) is 5.41. The Hall–Kier alpha value is -2.18. The molecule has 0 saturated carbocycles. The highest BCUT2D eigenvalue weighted by Crippen LogP contribution is 2.39. The van der Waals surface area contributed by atoms with Gasteiger partial charge in [-0.05, 0) is 53.1 Å². The molecule has 1 N–H and O–H groups in total. The summed E-state index contributed by atoms with van der Waals surface area (Å²) in [5, 5.41) is 4.50. The summed E-state index contributed by atoms with van der Waals surface area (Å²) < 4.78 is 0. The zero-order chi connectivity index (χ0) is 22.7. The second kappa shape index (κ2) is 10.2. The van der Waals surface area contributed by atoms with E-state index in [0.717, 1.165) is 16.7 Å². The van der Waals surface area contributed by atoms with E-state index in [0.29, 0.717) is 39.5 Å². The summed E-state index contributed by atoms with van der Waals surface area (Å²) in [6.07, 6.45) is 0. The normalized spacial score (nSPS) is 15.8. The molecule has 32 heavy (non-hydrogen) atoms. The zero-order valence-corrected chi connectivity index (χ0v) is 19.9. The van der Waals surface area contributed by atoms with Crippen molar-refractivity contribution in [3.8, 4) is 0 Å². The fourth-order valence-corrected chi connectivity index (χ4v) is 5.22. The molecule has 0 spiro atoms. The van der Waals surface area contributed by atoms with E-state index >= 15 is 0 Å². The molecule has 1 saturated heterocycles. The lowest BCUT2D eigenvalue weighted by molar-refractivity contribution is -0.128. The van der Waals surface area contributed by atoms with Gasteiger partial charge in [-0.25, -0.2) is 0 Å². The van der Waals surface area contributed by atoms with Crippen molar-refractivity contribution >= 4 is 58.4 Å². The number of amides is 2. The summed E-state index contributed by atoms with van der Waals surface area (Å²) in [5.41, 5.74) is 3.33. The smallest absolute Gasteiger partial charge is 0.251 e. The molecule has 1 aliphatic heterocycles. The highest BCUT2D eigenvalue weighted by atomic mass is 35.5. The van der Waals surface area contributed by atoms with Crippen LogP contribution in [0.15, 0.2) is 66.7 Å². The van der Waals surface area contributed by atoms with Gasteiger partial charge in [-0.2, -0.15) is 0 Å². The number of hydrogen-bond acceptors (Lipinski definition) is 3. The molecule has 3 aromatic rings. The Balaban J connectivity index is 1.42. The fraction of sp³-hybridized carbons (Fsp3) is 0.167. The first-order chi connectivity index (χ1) is 15.4. The molecule has 2 amide bonds. The summed E-state index contributed by atoms with van der Waals surface area (Å²) in [6, 6.07) is 20.0. The molecule has 1 fully saturated rings. The van der Waals surface area contributed by atoms with Crippen molar-refractivity contribution in [2.45, 2.75) is 18.5 Å². The van der Waals surface area contributed by atoms with Crippen LogP contribution in [0.25, 0.3) is 0 Å². The van der Waals surface area contributed by atoms with Crippen molar-refractivity contribution in [3.05, 3.63) is 104 Å². The van der Waals surface area contributed by atoms with Crippen LogP contribution in [0.3, 0.4) is 0 Å². The minimum Gasteiger partial charge on any atom is -0.348 e. The molecule has 0 aliphatic carbocycles. The molecule has 0 unspecified atom stereocenters. The van der Waals surface area contributed by atoms with Gasteiger partial charge in [0.1, 0.15) is 5.37 Å². The average molecular weight is 506 g/mol. The van der Waals surface area contributed by atoms with Crippen LogP contribution in [0.1, 0.15) is 32.4 Å². The summed E-state index contributed by atoms with van der Waals surface area (Å²) in [4.78, 5) is 26.9. The standard InChI is InChI=1S/C24H19Cl3N2O2S/c25-19-8-1-15(2-9-19)13-29-22(30)14-32-24(29)17-5-3-16(4-6-17)23(31)28-12-18-7-10-20(26)11-21(18)27/h1-11,24H,12-14H2,(H,28,31)/t24-/m1/s1. The van der Waals surface area contributed by atoms with E-state index in [4.69, 9.17) is 34.8 Å². The zero-order valence-electron chi connectivity index (χ0n) is 16.9. The van der Waals surface area contributed by atoms with E-state index in [1.807, 2.05) is 41.3 Å². The maximum atomic E-state index is 12.6. The first-order valence-corrected chi connectivity index (χ1v) is 12.1. The van der Waals surface area contributed by atoms with E-state index < -0.39 is 0 Å². The van der Waals surface area contributed by atoms with Crippen LogP contribution >= 0.6 is 46.6 Å². The predicted octanol–water partition coefficient (Wildman–Crippen LogP) is 6.35. The van der Waals surface area contributed by atoms with Gasteiger partial charge in [0.25, 0.3) is 5.91 Å². The molecule has 164 valence electrons. The van der Waals surface area contributed by atoms with Crippen molar-refractivity contribution in [1.82, 2.24) is 10.2 Å². The Morgan fingerprint density at radius 2 is 1.66 bits per heavy atom. The molecule has 1 heterocycles. The lowest BCUT2D eigenvalue weighted by Crippen LogP contribution is -2.27. The lowest BCUT2D eigenvalue weighted by atomic mass is 10.1. The molecular formula is C24H19Cl3N2O2S. The number of benzene rings is 3. The van der Waals surface area contributed by atoms with Gasteiger partial charge in [0.2, 0.25) is 5.91 Å². The van der Waals surface area contributed by atoms with Crippen LogP contribution in [0.4, 0.5) is 0 Å². The monoisotopic (exact) mass is 504 g/mol. The van der Waals surface area contributed by atoms with Gasteiger partial charge in [0.15, 0.2) is 0 Å². The van der Waals surface area contributed by atoms with Crippen LogP contribution in [-0.2, 0) is 17.9 Å². The fourth-order valence-electron chi connectivity index (χ4n) is 3.43. The van der Waals surface area contributed by atoms with Crippen molar-refractivity contribution in [2.24, 2.45) is 0 Å². The van der Waals surface area contributed by atoms with E-state index in [2.05, 4.69) is 5.32 Å². The summed E-state index contributed by atoms with van der Waals surface area (Å²) in [6.45, 7) is 0.816. The maximum absolute atomic E-state index is 12.6. The molecular weight excluding hydrogens is 487 g/mol. The average Bonchev–Trinajstić information content (AvgIpc) is 3.14. The van der Waals surface area contributed by atoms with Gasteiger partial charge in [0.05, 0.1) is 5.75 Å². The van der Waals surface area contributed by atoms with Crippen LogP contribution in [0.2, 0.25) is 15.1 Å². The minimum atomic E-state index is -0.198. The molecule has 1 aliphatic rings. The van der Waals surface area contributed by atoms with Crippen LogP contribution in [0.5, 0.6) is 0 Å². The Kier molecular flexibility index (Phi) is 7.31. The number of hydrogen-bond donors (Lipinski definition) is 1. The third-order valence-electron chi connectivity index (χ3n) is 5.15. The summed E-state index contributed by atoms with van der Waals surface area (Å²) >= 11 is 19.6.